The molecule has 0 spiro atoms. The fraction of sp³-hybridized carbons (Fsp3) is 0.222. The van der Waals surface area contributed by atoms with Gasteiger partial charge in [-0.3, -0.25) is 4.79 Å². The van der Waals surface area contributed by atoms with Crippen LogP contribution in [0.1, 0.15) is 36.4 Å². The number of hydrogen-bond donors (Lipinski definition) is 2. The molecule has 0 saturated heterocycles. The number of aliphatic carboxylic acids is 1. The van der Waals surface area contributed by atoms with E-state index < -0.39 is 12.0 Å². The van der Waals surface area contributed by atoms with Gasteiger partial charge in [0.2, 0.25) is 5.91 Å². The molecule has 4 nitrogen and oxygen atoms in total. The number of benzene rings is 2. The summed E-state index contributed by atoms with van der Waals surface area (Å²) in [7, 11) is 0. The molecule has 0 radical (unpaired) electrons. The van der Waals surface area contributed by atoms with Crippen LogP contribution in [0, 0.1) is 0 Å². The van der Waals surface area contributed by atoms with Gasteiger partial charge in [-0.1, -0.05) is 67.6 Å². The molecule has 22 heavy (non-hydrogen) atoms. The summed E-state index contributed by atoms with van der Waals surface area (Å²) in [5.41, 5.74) is 1.45. The zero-order valence-corrected chi connectivity index (χ0v) is 12.4. The molecular formula is C18H19NO3. The minimum atomic E-state index is -1.07. The molecule has 0 fully saturated rings. The summed E-state index contributed by atoms with van der Waals surface area (Å²) >= 11 is 0. The highest BCUT2D eigenvalue weighted by Gasteiger charge is 2.26. The Bertz CT molecular complexity index is 625. The third-order valence-electron chi connectivity index (χ3n) is 3.59. The average molecular weight is 297 g/mol. The van der Waals surface area contributed by atoms with Crippen molar-refractivity contribution in [3.63, 3.8) is 0 Å². The molecule has 2 N–H and O–H groups in total. The lowest BCUT2D eigenvalue weighted by atomic mass is 9.95. The molecule has 0 bridgehead atoms. The molecule has 0 aliphatic rings. The molecule has 2 aromatic carbocycles. The number of hydrogen-bond acceptors (Lipinski definition) is 2. The topological polar surface area (TPSA) is 66.4 Å². The Balaban J connectivity index is 2.19. The lowest BCUT2D eigenvalue weighted by Gasteiger charge is -2.20. The van der Waals surface area contributed by atoms with E-state index in [0.717, 1.165) is 5.56 Å². The number of carbonyl (C=O) groups excluding carboxylic acids is 1. The SMILES string of the molecule is CCC(C(=O)NC(C(=O)O)c1ccccc1)c1ccccc1. The quantitative estimate of drug-likeness (QED) is 0.861. The van der Waals surface area contributed by atoms with Crippen molar-refractivity contribution in [2.75, 3.05) is 0 Å². The highest BCUT2D eigenvalue weighted by atomic mass is 16.4. The van der Waals surface area contributed by atoms with Gasteiger partial charge in [-0.2, -0.15) is 0 Å². The third kappa shape index (κ3) is 3.73. The lowest BCUT2D eigenvalue weighted by molar-refractivity contribution is -0.142. The van der Waals surface area contributed by atoms with E-state index in [9.17, 15) is 14.7 Å². The van der Waals surface area contributed by atoms with Crippen LogP contribution in [0.25, 0.3) is 0 Å². The van der Waals surface area contributed by atoms with Crippen molar-refractivity contribution in [3.8, 4) is 0 Å². The molecule has 1 amide bonds. The number of amides is 1. The predicted octanol–water partition coefficient (Wildman–Crippen LogP) is 3.12. The van der Waals surface area contributed by atoms with Crippen LogP contribution in [0.3, 0.4) is 0 Å². The first-order chi connectivity index (χ1) is 10.6. The maximum absolute atomic E-state index is 12.5. The van der Waals surface area contributed by atoms with Crippen LogP contribution < -0.4 is 5.32 Å². The summed E-state index contributed by atoms with van der Waals surface area (Å²) in [6.07, 6.45) is 0.608. The van der Waals surface area contributed by atoms with Gasteiger partial charge >= 0.3 is 5.97 Å². The second kappa shape index (κ2) is 7.41. The minimum Gasteiger partial charge on any atom is -0.479 e. The van der Waals surface area contributed by atoms with Crippen LogP contribution in [0.2, 0.25) is 0 Å². The fourth-order valence-electron chi connectivity index (χ4n) is 2.43. The maximum Gasteiger partial charge on any atom is 0.330 e. The normalized spacial score (nSPS) is 13.1. The molecule has 0 aromatic heterocycles. The molecule has 4 heteroatoms. The Morgan fingerprint density at radius 3 is 1.91 bits per heavy atom. The average Bonchev–Trinajstić information content (AvgIpc) is 2.55. The van der Waals surface area contributed by atoms with E-state index in [1.807, 2.05) is 43.3 Å². The van der Waals surface area contributed by atoms with Crippen LogP contribution in [0.4, 0.5) is 0 Å². The minimum absolute atomic E-state index is 0.273. The largest absolute Gasteiger partial charge is 0.479 e. The summed E-state index contributed by atoms with van der Waals surface area (Å²) in [4.78, 5) is 24.0. The number of carboxylic acid groups (broad SMARTS) is 1. The Morgan fingerprint density at radius 2 is 1.45 bits per heavy atom. The molecule has 0 aliphatic heterocycles. The second-order valence-electron chi connectivity index (χ2n) is 5.06. The lowest BCUT2D eigenvalue weighted by Crippen LogP contribution is -2.36. The Kier molecular flexibility index (Phi) is 5.31. The van der Waals surface area contributed by atoms with Gasteiger partial charge in [-0.05, 0) is 17.5 Å². The van der Waals surface area contributed by atoms with Crippen LogP contribution in [-0.2, 0) is 9.59 Å². The summed E-state index contributed by atoms with van der Waals surface area (Å²) in [5, 5.41) is 12.0. The Labute approximate surface area is 129 Å². The molecular weight excluding hydrogens is 278 g/mol. The van der Waals surface area contributed by atoms with Crippen molar-refractivity contribution in [3.05, 3.63) is 71.8 Å². The van der Waals surface area contributed by atoms with Gasteiger partial charge < -0.3 is 10.4 Å². The van der Waals surface area contributed by atoms with Crippen LogP contribution >= 0.6 is 0 Å². The standard InChI is InChI=1S/C18H19NO3/c1-2-15(13-9-5-3-6-10-13)17(20)19-16(18(21)22)14-11-7-4-8-12-14/h3-12,15-16H,2H2,1H3,(H,19,20)(H,21,22). The van der Waals surface area contributed by atoms with Crippen LogP contribution in [0.15, 0.2) is 60.7 Å². The number of rotatable bonds is 6. The molecule has 0 heterocycles. The van der Waals surface area contributed by atoms with E-state index in [4.69, 9.17) is 0 Å². The van der Waals surface area contributed by atoms with Gasteiger partial charge in [-0.15, -0.1) is 0 Å². The summed E-state index contributed by atoms with van der Waals surface area (Å²) in [6, 6.07) is 17.1. The first-order valence-corrected chi connectivity index (χ1v) is 7.26. The first kappa shape index (κ1) is 15.8. The van der Waals surface area contributed by atoms with Crippen molar-refractivity contribution in [2.24, 2.45) is 0 Å². The van der Waals surface area contributed by atoms with E-state index in [2.05, 4.69) is 5.32 Å². The maximum atomic E-state index is 12.5. The molecule has 0 saturated carbocycles. The smallest absolute Gasteiger partial charge is 0.330 e. The molecule has 2 atom stereocenters. The number of nitrogens with one attached hydrogen (secondary N) is 1. The van der Waals surface area contributed by atoms with Crippen molar-refractivity contribution < 1.29 is 14.7 Å². The predicted molar refractivity (Wildman–Crippen MR) is 84.4 cm³/mol. The summed E-state index contributed by atoms with van der Waals surface area (Å²) in [5.74, 6) is -1.70. The van der Waals surface area contributed by atoms with Gasteiger partial charge in [0.05, 0.1) is 5.92 Å². The van der Waals surface area contributed by atoms with Crippen molar-refractivity contribution in [1.29, 1.82) is 0 Å². The molecule has 2 rings (SSSR count). The summed E-state index contributed by atoms with van der Waals surface area (Å²) in [6.45, 7) is 1.91. The van der Waals surface area contributed by atoms with Crippen LogP contribution in [-0.4, -0.2) is 17.0 Å². The van der Waals surface area contributed by atoms with Crippen LogP contribution in [0.5, 0.6) is 0 Å². The molecule has 2 aromatic rings. The zero-order valence-electron chi connectivity index (χ0n) is 12.4. The van der Waals surface area contributed by atoms with Crippen molar-refractivity contribution >= 4 is 11.9 Å². The third-order valence-corrected chi connectivity index (χ3v) is 3.59. The van der Waals surface area contributed by atoms with E-state index in [1.165, 1.54) is 0 Å². The van der Waals surface area contributed by atoms with Gasteiger partial charge in [0.1, 0.15) is 0 Å². The van der Waals surface area contributed by atoms with Gasteiger partial charge in [0.15, 0.2) is 6.04 Å². The van der Waals surface area contributed by atoms with Gasteiger partial charge in [0, 0.05) is 0 Å². The molecule has 114 valence electrons. The van der Waals surface area contributed by atoms with Crippen molar-refractivity contribution in [2.45, 2.75) is 25.3 Å². The summed E-state index contributed by atoms with van der Waals surface area (Å²) < 4.78 is 0. The fourth-order valence-corrected chi connectivity index (χ4v) is 2.43. The van der Waals surface area contributed by atoms with E-state index >= 15 is 0 Å². The highest BCUT2D eigenvalue weighted by Crippen LogP contribution is 2.21. The van der Waals surface area contributed by atoms with Gasteiger partial charge in [-0.25, -0.2) is 4.79 Å². The first-order valence-electron chi connectivity index (χ1n) is 7.26. The zero-order chi connectivity index (χ0) is 15.9. The molecule has 0 aliphatic carbocycles. The monoisotopic (exact) mass is 297 g/mol. The Hall–Kier alpha value is -2.62. The van der Waals surface area contributed by atoms with Gasteiger partial charge in [0.25, 0.3) is 0 Å². The second-order valence-corrected chi connectivity index (χ2v) is 5.06. The molecule has 2 unspecified atom stereocenters. The van der Waals surface area contributed by atoms with Crippen molar-refractivity contribution in [1.82, 2.24) is 5.32 Å². The van der Waals surface area contributed by atoms with E-state index in [-0.39, 0.29) is 11.8 Å². The van der Waals surface area contributed by atoms with E-state index in [1.54, 1.807) is 24.3 Å². The number of carboxylic acids is 1. The van der Waals surface area contributed by atoms with E-state index in [0.29, 0.717) is 12.0 Å². The number of carbonyl (C=O) groups is 2. The highest BCUT2D eigenvalue weighted by molar-refractivity contribution is 5.88. The Morgan fingerprint density at radius 1 is 0.955 bits per heavy atom.